The molecule has 1 saturated heterocycles. The third-order valence-electron chi connectivity index (χ3n) is 6.44. The van der Waals surface area contributed by atoms with Crippen LogP contribution in [0.5, 0.6) is 0 Å². The number of sulfone groups is 1. The summed E-state index contributed by atoms with van der Waals surface area (Å²) in [6.45, 7) is 0.442. The average Bonchev–Trinajstić information content (AvgIpc) is 2.96. The number of carbonyl (C=O) groups is 1. The third kappa shape index (κ3) is 4.97. The quantitative estimate of drug-likeness (QED) is 0.746. The van der Waals surface area contributed by atoms with E-state index in [4.69, 9.17) is 0 Å². The Balaban J connectivity index is 1.68. The second-order valence-corrected chi connectivity index (χ2v) is 10.6. The Hall–Kier alpha value is -0.620. The summed E-state index contributed by atoms with van der Waals surface area (Å²) < 4.78 is 23.9. The molecule has 2 aliphatic carbocycles. The van der Waals surface area contributed by atoms with Crippen molar-refractivity contribution in [3.63, 3.8) is 0 Å². The van der Waals surface area contributed by atoms with Crippen LogP contribution in [0.4, 0.5) is 0 Å². The van der Waals surface area contributed by atoms with Crippen LogP contribution in [0.15, 0.2) is 0 Å². The van der Waals surface area contributed by atoms with Crippen LogP contribution in [-0.4, -0.2) is 67.3 Å². The molecule has 3 fully saturated rings. The number of rotatable bonds is 5. The molecule has 1 atom stereocenters. The molecule has 2 saturated carbocycles. The lowest BCUT2D eigenvalue weighted by Gasteiger charge is -2.40. The van der Waals surface area contributed by atoms with Crippen molar-refractivity contribution in [2.75, 3.05) is 25.1 Å². The van der Waals surface area contributed by atoms with Crippen LogP contribution in [0.2, 0.25) is 0 Å². The predicted octanol–water partition coefficient (Wildman–Crippen LogP) is 2.60. The lowest BCUT2D eigenvalue weighted by Crippen LogP contribution is -2.52. The summed E-state index contributed by atoms with van der Waals surface area (Å²) in [7, 11) is -0.901. The Kier molecular flexibility index (Phi) is 6.42. The van der Waals surface area contributed by atoms with Crippen LogP contribution >= 0.6 is 0 Å². The Morgan fingerprint density at radius 1 is 0.840 bits per heavy atom. The zero-order valence-corrected chi connectivity index (χ0v) is 16.5. The second-order valence-electron chi connectivity index (χ2n) is 8.36. The normalized spacial score (nSPS) is 28.3. The summed E-state index contributed by atoms with van der Waals surface area (Å²) in [5.74, 6) is 0.566. The summed E-state index contributed by atoms with van der Waals surface area (Å²) in [5.41, 5.74) is 0. The topological polar surface area (TPSA) is 57.7 Å². The van der Waals surface area contributed by atoms with Gasteiger partial charge >= 0.3 is 0 Å². The lowest BCUT2D eigenvalue weighted by atomic mass is 9.92. The van der Waals surface area contributed by atoms with E-state index in [1.807, 2.05) is 4.90 Å². The highest BCUT2D eigenvalue weighted by Crippen LogP contribution is 2.29. The number of amides is 1. The fourth-order valence-corrected chi connectivity index (χ4v) is 6.72. The van der Waals surface area contributed by atoms with E-state index in [1.54, 1.807) is 0 Å². The molecule has 144 valence electrons. The minimum absolute atomic E-state index is 0.0969. The van der Waals surface area contributed by atoms with Gasteiger partial charge in [0.15, 0.2) is 9.84 Å². The second kappa shape index (κ2) is 8.38. The molecule has 0 N–H and O–H groups in total. The molecule has 1 heterocycles. The SMILES string of the molecule is CN(CC(=O)N(C1CCCCC1)[C@@H]1CCS(=O)(=O)C1)C1CCCCC1. The first-order chi connectivity index (χ1) is 12.0. The number of hydrogen-bond donors (Lipinski definition) is 0. The highest BCUT2D eigenvalue weighted by Gasteiger charge is 2.39. The van der Waals surface area contributed by atoms with E-state index >= 15 is 0 Å². The highest BCUT2D eigenvalue weighted by molar-refractivity contribution is 7.91. The van der Waals surface area contributed by atoms with Crippen molar-refractivity contribution in [2.45, 2.75) is 88.8 Å². The fraction of sp³-hybridized carbons (Fsp3) is 0.947. The maximum absolute atomic E-state index is 13.2. The fourth-order valence-electron chi connectivity index (χ4n) is 5.01. The van der Waals surface area contributed by atoms with Crippen molar-refractivity contribution >= 4 is 15.7 Å². The van der Waals surface area contributed by atoms with Gasteiger partial charge in [-0.3, -0.25) is 9.69 Å². The van der Waals surface area contributed by atoms with Crippen molar-refractivity contribution in [2.24, 2.45) is 0 Å². The molecular weight excluding hydrogens is 336 g/mol. The van der Waals surface area contributed by atoms with E-state index in [0.717, 1.165) is 25.7 Å². The Morgan fingerprint density at radius 2 is 1.40 bits per heavy atom. The zero-order valence-electron chi connectivity index (χ0n) is 15.7. The molecule has 6 heteroatoms. The van der Waals surface area contributed by atoms with Gasteiger partial charge in [0.1, 0.15) is 0 Å². The summed E-state index contributed by atoms with van der Waals surface area (Å²) in [6.07, 6.45) is 12.5. The summed E-state index contributed by atoms with van der Waals surface area (Å²) >= 11 is 0. The van der Waals surface area contributed by atoms with Gasteiger partial charge in [0.2, 0.25) is 5.91 Å². The van der Waals surface area contributed by atoms with Crippen molar-refractivity contribution in [3.05, 3.63) is 0 Å². The van der Waals surface area contributed by atoms with Gasteiger partial charge in [-0.05, 0) is 39.2 Å². The van der Waals surface area contributed by atoms with Crippen molar-refractivity contribution in [1.82, 2.24) is 9.80 Å². The van der Waals surface area contributed by atoms with E-state index < -0.39 is 9.84 Å². The number of hydrogen-bond acceptors (Lipinski definition) is 4. The Bertz CT molecular complexity index is 551. The monoisotopic (exact) mass is 370 g/mol. The van der Waals surface area contributed by atoms with Gasteiger partial charge in [-0.2, -0.15) is 0 Å². The number of carbonyl (C=O) groups excluding carboxylic acids is 1. The van der Waals surface area contributed by atoms with Crippen LogP contribution in [0.1, 0.15) is 70.6 Å². The minimum Gasteiger partial charge on any atom is -0.335 e. The molecule has 1 aliphatic heterocycles. The molecular formula is C19H34N2O3S. The molecule has 0 spiro atoms. The summed E-state index contributed by atoms with van der Waals surface area (Å²) in [6, 6.07) is 0.665. The van der Waals surface area contributed by atoms with Crippen LogP contribution < -0.4 is 0 Å². The van der Waals surface area contributed by atoms with Crippen molar-refractivity contribution in [1.29, 1.82) is 0 Å². The molecule has 3 aliphatic rings. The van der Waals surface area contributed by atoms with Gasteiger partial charge in [-0.25, -0.2) is 8.42 Å². The highest BCUT2D eigenvalue weighted by atomic mass is 32.2. The molecule has 0 aromatic heterocycles. The molecule has 25 heavy (non-hydrogen) atoms. The van der Waals surface area contributed by atoms with Gasteiger partial charge in [0.05, 0.1) is 18.1 Å². The van der Waals surface area contributed by atoms with E-state index in [1.165, 1.54) is 38.5 Å². The first kappa shape index (κ1) is 19.2. The molecule has 5 nitrogen and oxygen atoms in total. The number of likely N-dealkylation sites (N-methyl/N-ethyl adjacent to an activating group) is 1. The first-order valence-electron chi connectivity index (χ1n) is 10.2. The zero-order chi connectivity index (χ0) is 17.9. The molecule has 1 amide bonds. The van der Waals surface area contributed by atoms with E-state index in [-0.39, 0.29) is 29.5 Å². The molecule has 0 radical (unpaired) electrons. The average molecular weight is 371 g/mol. The van der Waals surface area contributed by atoms with Crippen LogP contribution in [0.3, 0.4) is 0 Å². The first-order valence-corrected chi connectivity index (χ1v) is 12.0. The van der Waals surface area contributed by atoms with E-state index in [2.05, 4.69) is 11.9 Å². The summed E-state index contributed by atoms with van der Waals surface area (Å²) in [4.78, 5) is 17.4. The van der Waals surface area contributed by atoms with Gasteiger partial charge in [0.25, 0.3) is 0 Å². The van der Waals surface area contributed by atoms with Crippen LogP contribution in [-0.2, 0) is 14.6 Å². The van der Waals surface area contributed by atoms with E-state index in [9.17, 15) is 13.2 Å². The Labute approximate surface area is 153 Å². The van der Waals surface area contributed by atoms with Crippen molar-refractivity contribution < 1.29 is 13.2 Å². The minimum atomic E-state index is -2.97. The maximum Gasteiger partial charge on any atom is 0.237 e. The predicted molar refractivity (Wildman–Crippen MR) is 100 cm³/mol. The molecule has 0 aromatic rings. The maximum atomic E-state index is 13.2. The summed E-state index contributed by atoms with van der Waals surface area (Å²) in [5, 5.41) is 0. The third-order valence-corrected chi connectivity index (χ3v) is 8.19. The van der Waals surface area contributed by atoms with Crippen LogP contribution in [0.25, 0.3) is 0 Å². The molecule has 3 rings (SSSR count). The lowest BCUT2D eigenvalue weighted by molar-refractivity contribution is -0.138. The standard InChI is InChI=1S/C19H34N2O3S/c1-20(16-8-4-2-5-9-16)14-19(22)21(17-10-6-3-7-11-17)18-12-13-25(23,24)15-18/h16-18H,2-15H2,1H3/t18-/m1/s1. The smallest absolute Gasteiger partial charge is 0.237 e. The largest absolute Gasteiger partial charge is 0.335 e. The Morgan fingerprint density at radius 3 is 1.92 bits per heavy atom. The van der Waals surface area contributed by atoms with Gasteiger partial charge in [-0.15, -0.1) is 0 Å². The van der Waals surface area contributed by atoms with Gasteiger partial charge in [-0.1, -0.05) is 38.5 Å². The van der Waals surface area contributed by atoms with Gasteiger partial charge in [0, 0.05) is 18.1 Å². The van der Waals surface area contributed by atoms with E-state index in [0.29, 0.717) is 19.0 Å². The van der Waals surface area contributed by atoms with Crippen molar-refractivity contribution in [3.8, 4) is 0 Å². The number of nitrogens with zero attached hydrogens (tertiary/aromatic N) is 2. The van der Waals surface area contributed by atoms with Crippen LogP contribution in [0, 0.1) is 0 Å². The molecule has 0 unspecified atom stereocenters. The molecule has 0 aromatic carbocycles. The molecule has 0 bridgehead atoms. The van der Waals surface area contributed by atoms with Gasteiger partial charge < -0.3 is 4.90 Å².